The molecule has 0 aliphatic heterocycles. The van der Waals surface area contributed by atoms with E-state index in [9.17, 15) is 14.4 Å². The van der Waals surface area contributed by atoms with Gasteiger partial charge in [-0.3, -0.25) is 9.36 Å². The number of benzene rings is 1. The Morgan fingerprint density at radius 1 is 1.33 bits per heavy atom. The number of hydrogen-bond acceptors (Lipinski definition) is 3. The van der Waals surface area contributed by atoms with Gasteiger partial charge >= 0.3 is 11.7 Å². The normalized spacial score (nSPS) is 11.1. The zero-order valence-electron chi connectivity index (χ0n) is 9.93. The molecule has 94 valence electrons. The molecule has 6 heteroatoms. The van der Waals surface area contributed by atoms with Gasteiger partial charge in [-0.25, -0.2) is 9.59 Å². The number of carbonyl (C=O) groups is 1. The van der Waals surface area contributed by atoms with E-state index in [0.29, 0.717) is 5.39 Å². The van der Waals surface area contributed by atoms with Gasteiger partial charge in [0.25, 0.3) is 5.56 Å². The van der Waals surface area contributed by atoms with Gasteiger partial charge in [0.1, 0.15) is 0 Å². The van der Waals surface area contributed by atoms with Crippen molar-refractivity contribution in [1.82, 2.24) is 9.55 Å². The van der Waals surface area contributed by atoms with Crippen molar-refractivity contribution in [3.8, 4) is 0 Å². The first kappa shape index (κ1) is 12.1. The van der Waals surface area contributed by atoms with Crippen molar-refractivity contribution in [1.29, 1.82) is 0 Å². The van der Waals surface area contributed by atoms with Crippen LogP contribution in [0.2, 0.25) is 0 Å². The van der Waals surface area contributed by atoms with Crippen LogP contribution in [-0.4, -0.2) is 20.6 Å². The molecular weight excluding hydrogens is 236 g/mol. The summed E-state index contributed by atoms with van der Waals surface area (Å²) in [6.45, 7) is 3.46. The van der Waals surface area contributed by atoms with Gasteiger partial charge in [-0.1, -0.05) is 0 Å². The first-order chi connectivity index (χ1) is 8.41. The first-order valence-corrected chi connectivity index (χ1v) is 5.43. The highest BCUT2D eigenvalue weighted by Gasteiger charge is 2.11. The summed E-state index contributed by atoms with van der Waals surface area (Å²) in [5.74, 6) is -1.11. The summed E-state index contributed by atoms with van der Waals surface area (Å²) in [7, 11) is 0. The number of hydrogen-bond donors (Lipinski definition) is 2. The highest BCUT2D eigenvalue weighted by molar-refractivity contribution is 5.92. The molecule has 1 heterocycles. The average molecular weight is 248 g/mol. The topological polar surface area (TPSA) is 92.2 Å². The zero-order chi connectivity index (χ0) is 13.4. The van der Waals surface area contributed by atoms with Gasteiger partial charge in [0.2, 0.25) is 0 Å². The molecule has 0 fully saturated rings. The summed E-state index contributed by atoms with van der Waals surface area (Å²) in [5, 5.41) is 9.15. The number of nitrogens with zero attached hydrogens (tertiary/aromatic N) is 1. The van der Waals surface area contributed by atoms with Gasteiger partial charge in [0.15, 0.2) is 0 Å². The number of H-pyrrole nitrogens is 1. The number of carboxylic acids is 1. The van der Waals surface area contributed by atoms with Crippen LogP contribution < -0.4 is 11.2 Å². The third kappa shape index (κ3) is 1.81. The van der Waals surface area contributed by atoms with E-state index in [1.165, 1.54) is 18.2 Å². The molecule has 0 saturated carbocycles. The van der Waals surface area contributed by atoms with Crippen LogP contribution in [0.5, 0.6) is 0 Å². The number of nitrogens with one attached hydrogen (secondary N) is 1. The van der Waals surface area contributed by atoms with Crippen LogP contribution in [-0.2, 0) is 0 Å². The van der Waals surface area contributed by atoms with Gasteiger partial charge in [-0.05, 0) is 32.0 Å². The number of aromatic amines is 1. The molecule has 0 atom stereocenters. The first-order valence-electron chi connectivity index (χ1n) is 5.43. The van der Waals surface area contributed by atoms with E-state index in [0.717, 1.165) is 4.57 Å². The molecule has 2 N–H and O–H groups in total. The maximum Gasteiger partial charge on any atom is 0.335 e. The summed E-state index contributed by atoms with van der Waals surface area (Å²) in [6, 6.07) is 3.78. The van der Waals surface area contributed by atoms with Gasteiger partial charge in [-0.15, -0.1) is 0 Å². The molecular formula is C12H12N2O4. The lowest BCUT2D eigenvalue weighted by atomic mass is 10.1. The molecule has 1 aromatic heterocycles. The molecule has 0 unspecified atom stereocenters. The van der Waals surface area contributed by atoms with Crippen LogP contribution in [0.15, 0.2) is 27.8 Å². The van der Waals surface area contributed by atoms with E-state index in [-0.39, 0.29) is 17.1 Å². The monoisotopic (exact) mass is 248 g/mol. The van der Waals surface area contributed by atoms with E-state index in [2.05, 4.69) is 4.98 Å². The largest absolute Gasteiger partial charge is 0.478 e. The summed E-state index contributed by atoms with van der Waals surface area (Å²) >= 11 is 0. The van der Waals surface area contributed by atoms with Gasteiger partial charge in [0, 0.05) is 6.04 Å². The fraction of sp³-hybridized carbons (Fsp3) is 0.250. The summed E-state index contributed by atoms with van der Waals surface area (Å²) in [5.41, 5.74) is -0.688. The lowest BCUT2D eigenvalue weighted by Gasteiger charge is -2.09. The molecule has 6 nitrogen and oxygen atoms in total. The second kappa shape index (κ2) is 4.14. The smallest absolute Gasteiger partial charge is 0.335 e. The molecule has 0 amide bonds. The molecule has 0 bridgehead atoms. The third-order valence-electron chi connectivity index (χ3n) is 2.69. The van der Waals surface area contributed by atoms with Crippen LogP contribution in [0, 0.1) is 0 Å². The lowest BCUT2D eigenvalue weighted by Crippen LogP contribution is -2.36. The highest BCUT2D eigenvalue weighted by Crippen LogP contribution is 2.10. The Bertz CT molecular complexity index is 740. The minimum atomic E-state index is -1.11. The Labute approximate surface area is 102 Å². The standard InChI is InChI=1S/C12H12N2O4/c1-6(2)14-10(15)8-4-3-7(11(16)17)5-9(8)13-12(14)18/h3-6H,1-2H3,(H,13,18)(H,16,17). The maximum atomic E-state index is 12.1. The quantitative estimate of drug-likeness (QED) is 0.828. The van der Waals surface area contributed by atoms with E-state index < -0.39 is 17.2 Å². The Balaban J connectivity index is 2.87. The predicted molar refractivity (Wildman–Crippen MR) is 66.2 cm³/mol. The lowest BCUT2D eigenvalue weighted by molar-refractivity contribution is 0.0697. The Kier molecular flexibility index (Phi) is 2.78. The van der Waals surface area contributed by atoms with Crippen molar-refractivity contribution in [2.75, 3.05) is 0 Å². The molecule has 0 radical (unpaired) electrons. The molecule has 0 aliphatic carbocycles. The van der Waals surface area contributed by atoms with Crippen molar-refractivity contribution in [3.05, 3.63) is 44.6 Å². The maximum absolute atomic E-state index is 12.1. The number of rotatable bonds is 2. The Morgan fingerprint density at radius 3 is 2.56 bits per heavy atom. The van der Waals surface area contributed by atoms with Crippen molar-refractivity contribution in [3.63, 3.8) is 0 Å². The van der Waals surface area contributed by atoms with Crippen LogP contribution in [0.4, 0.5) is 0 Å². The van der Waals surface area contributed by atoms with Crippen LogP contribution in [0.25, 0.3) is 10.9 Å². The van der Waals surface area contributed by atoms with Crippen LogP contribution in [0.1, 0.15) is 30.2 Å². The minimum Gasteiger partial charge on any atom is -0.478 e. The minimum absolute atomic E-state index is 0.0276. The van der Waals surface area contributed by atoms with Crippen LogP contribution >= 0.6 is 0 Å². The SMILES string of the molecule is CC(C)n1c(=O)[nH]c2cc(C(=O)O)ccc2c1=O. The molecule has 0 spiro atoms. The molecule has 18 heavy (non-hydrogen) atoms. The van der Waals surface area contributed by atoms with Crippen molar-refractivity contribution in [2.45, 2.75) is 19.9 Å². The number of fused-ring (bicyclic) bond motifs is 1. The molecule has 0 aliphatic rings. The van der Waals surface area contributed by atoms with Crippen molar-refractivity contribution < 1.29 is 9.90 Å². The fourth-order valence-corrected chi connectivity index (χ4v) is 1.83. The van der Waals surface area contributed by atoms with E-state index in [1.807, 2.05) is 0 Å². The summed E-state index contributed by atoms with van der Waals surface area (Å²) in [4.78, 5) is 37.1. The number of aromatic carboxylic acids is 1. The van der Waals surface area contributed by atoms with E-state index >= 15 is 0 Å². The number of aromatic nitrogens is 2. The zero-order valence-corrected chi connectivity index (χ0v) is 9.93. The predicted octanol–water partition coefficient (Wildman–Crippen LogP) is 0.969. The summed E-state index contributed by atoms with van der Waals surface area (Å²) < 4.78 is 1.10. The molecule has 2 aromatic rings. The van der Waals surface area contributed by atoms with Crippen LogP contribution in [0.3, 0.4) is 0 Å². The Hall–Kier alpha value is -2.37. The van der Waals surface area contributed by atoms with E-state index in [4.69, 9.17) is 5.11 Å². The third-order valence-corrected chi connectivity index (χ3v) is 2.69. The highest BCUT2D eigenvalue weighted by atomic mass is 16.4. The number of carboxylic acid groups (broad SMARTS) is 1. The van der Waals surface area contributed by atoms with Gasteiger partial charge in [-0.2, -0.15) is 0 Å². The molecule has 0 saturated heterocycles. The van der Waals surface area contributed by atoms with Gasteiger partial charge < -0.3 is 10.1 Å². The average Bonchev–Trinajstić information content (AvgIpc) is 2.27. The van der Waals surface area contributed by atoms with E-state index in [1.54, 1.807) is 13.8 Å². The second-order valence-electron chi connectivity index (χ2n) is 4.26. The molecule has 2 rings (SSSR count). The fourth-order valence-electron chi connectivity index (χ4n) is 1.83. The van der Waals surface area contributed by atoms with Crippen molar-refractivity contribution in [2.24, 2.45) is 0 Å². The Morgan fingerprint density at radius 2 is 2.00 bits per heavy atom. The second-order valence-corrected chi connectivity index (χ2v) is 4.26. The van der Waals surface area contributed by atoms with Gasteiger partial charge in [0.05, 0.1) is 16.5 Å². The van der Waals surface area contributed by atoms with Crippen molar-refractivity contribution >= 4 is 16.9 Å². The molecule has 1 aromatic carbocycles. The summed E-state index contributed by atoms with van der Waals surface area (Å²) in [6.07, 6.45) is 0.